The predicted octanol–water partition coefficient (Wildman–Crippen LogP) is -0.518. The maximum Gasteiger partial charge on any atom is 0.333 e. The van der Waals surface area contributed by atoms with Crippen molar-refractivity contribution in [2.24, 2.45) is 23.2 Å². The van der Waals surface area contributed by atoms with Gasteiger partial charge in [0.15, 0.2) is 11.6 Å². The summed E-state index contributed by atoms with van der Waals surface area (Å²) in [7, 11) is 0. The molecule has 1 aromatic carbocycles. The van der Waals surface area contributed by atoms with Gasteiger partial charge in [-0.1, -0.05) is 0 Å². The van der Waals surface area contributed by atoms with E-state index in [1.54, 1.807) is 0 Å². The van der Waals surface area contributed by atoms with Crippen LogP contribution < -0.4 is 33.2 Å². The Kier molecular flexibility index (Phi) is 3.64. The van der Waals surface area contributed by atoms with E-state index in [2.05, 4.69) is 0 Å². The smallest absolute Gasteiger partial charge is 0.333 e. The Balaban J connectivity index is 3.29. The molecule has 1 aromatic rings. The second kappa shape index (κ2) is 4.81. The molecule has 0 saturated heterocycles. The SMILES string of the molecule is NC(=O)N(N)c1cc(F)c(N(N)C(N)=O)c(F)c1. The van der Waals surface area contributed by atoms with Gasteiger partial charge in [0.1, 0.15) is 5.69 Å². The van der Waals surface area contributed by atoms with Crippen molar-refractivity contribution in [2.75, 3.05) is 10.0 Å². The molecule has 10 heteroatoms. The molecule has 98 valence electrons. The van der Waals surface area contributed by atoms with E-state index < -0.39 is 29.4 Å². The molecule has 0 radical (unpaired) electrons. The lowest BCUT2D eigenvalue weighted by Crippen LogP contribution is -2.43. The molecule has 0 aromatic heterocycles. The number of urea groups is 2. The van der Waals surface area contributed by atoms with Crippen molar-refractivity contribution in [2.45, 2.75) is 0 Å². The minimum atomic E-state index is -1.26. The highest BCUT2D eigenvalue weighted by molar-refractivity contribution is 5.92. The van der Waals surface area contributed by atoms with Gasteiger partial charge in [-0.05, 0) is 0 Å². The minimum Gasteiger partial charge on any atom is -0.350 e. The Hall–Kier alpha value is -2.46. The average Bonchev–Trinajstić information content (AvgIpc) is 2.26. The molecular weight excluding hydrogens is 250 g/mol. The molecule has 0 aliphatic heterocycles. The highest BCUT2D eigenvalue weighted by atomic mass is 19.1. The molecule has 0 aliphatic rings. The summed E-state index contributed by atoms with van der Waals surface area (Å²) in [6.45, 7) is 0. The highest BCUT2D eigenvalue weighted by Gasteiger charge is 2.21. The van der Waals surface area contributed by atoms with Crippen LogP contribution in [0.1, 0.15) is 0 Å². The Morgan fingerprint density at radius 2 is 1.33 bits per heavy atom. The largest absolute Gasteiger partial charge is 0.350 e. The summed E-state index contributed by atoms with van der Waals surface area (Å²) in [5, 5.41) is 0.403. The molecular formula is C8H10F2N6O2. The van der Waals surface area contributed by atoms with Crippen LogP contribution in [0.2, 0.25) is 0 Å². The van der Waals surface area contributed by atoms with E-state index in [0.29, 0.717) is 17.1 Å². The summed E-state index contributed by atoms with van der Waals surface area (Å²) in [6.07, 6.45) is 0. The Morgan fingerprint density at radius 1 is 0.944 bits per heavy atom. The number of hydrogen-bond acceptors (Lipinski definition) is 4. The van der Waals surface area contributed by atoms with Crippen molar-refractivity contribution in [3.63, 3.8) is 0 Å². The number of rotatable bonds is 2. The quantitative estimate of drug-likeness (QED) is 0.322. The van der Waals surface area contributed by atoms with Crippen molar-refractivity contribution in [3.8, 4) is 0 Å². The Labute approximate surface area is 99.6 Å². The third-order valence-electron chi connectivity index (χ3n) is 2.00. The number of anilines is 2. The first-order valence-corrected chi connectivity index (χ1v) is 4.43. The molecule has 0 atom stereocenters. The Morgan fingerprint density at radius 3 is 1.67 bits per heavy atom. The minimum absolute atomic E-state index is 0.0829. The molecule has 0 heterocycles. The van der Waals surface area contributed by atoms with Crippen LogP contribution in [0.5, 0.6) is 0 Å². The monoisotopic (exact) mass is 260 g/mol. The van der Waals surface area contributed by atoms with Crippen LogP contribution in [0.25, 0.3) is 0 Å². The van der Waals surface area contributed by atoms with Crippen molar-refractivity contribution in [3.05, 3.63) is 23.8 Å². The van der Waals surface area contributed by atoms with Gasteiger partial charge < -0.3 is 11.5 Å². The molecule has 0 bridgehead atoms. The fourth-order valence-electron chi connectivity index (χ4n) is 1.16. The first-order chi connectivity index (χ1) is 8.25. The van der Waals surface area contributed by atoms with E-state index in [1.165, 1.54) is 0 Å². The van der Waals surface area contributed by atoms with E-state index in [0.717, 1.165) is 0 Å². The molecule has 0 aliphatic carbocycles. The van der Waals surface area contributed by atoms with Gasteiger partial charge in [-0.15, -0.1) is 0 Å². The topological polar surface area (TPSA) is 145 Å². The molecule has 18 heavy (non-hydrogen) atoms. The summed E-state index contributed by atoms with van der Waals surface area (Å²) >= 11 is 0. The number of halogens is 2. The van der Waals surface area contributed by atoms with Crippen molar-refractivity contribution in [1.82, 2.24) is 0 Å². The van der Waals surface area contributed by atoms with Crippen LogP contribution in [0.4, 0.5) is 29.7 Å². The fourth-order valence-corrected chi connectivity index (χ4v) is 1.16. The summed E-state index contributed by atoms with van der Waals surface area (Å²) in [5.41, 5.74) is 8.37. The first-order valence-electron chi connectivity index (χ1n) is 4.43. The zero-order valence-corrected chi connectivity index (χ0v) is 8.93. The van der Waals surface area contributed by atoms with Crippen LogP contribution in [0.3, 0.4) is 0 Å². The van der Waals surface area contributed by atoms with E-state index >= 15 is 0 Å². The van der Waals surface area contributed by atoms with Crippen LogP contribution in [0.15, 0.2) is 12.1 Å². The van der Waals surface area contributed by atoms with E-state index in [9.17, 15) is 18.4 Å². The Bertz CT molecular complexity index is 485. The number of amides is 4. The molecule has 0 unspecified atom stereocenters. The number of carbonyl (C=O) groups excluding carboxylic acids is 2. The van der Waals surface area contributed by atoms with Gasteiger partial charge in [-0.3, -0.25) is 0 Å². The number of primary amides is 2. The number of carbonyl (C=O) groups is 2. The first kappa shape index (κ1) is 13.6. The highest BCUT2D eigenvalue weighted by Crippen LogP contribution is 2.26. The van der Waals surface area contributed by atoms with E-state index in [1.807, 2.05) is 0 Å². The van der Waals surface area contributed by atoms with Crippen molar-refractivity contribution >= 4 is 23.4 Å². The van der Waals surface area contributed by atoms with Crippen LogP contribution in [-0.4, -0.2) is 12.1 Å². The normalized spacial score (nSPS) is 10.0. The zero-order chi connectivity index (χ0) is 14.0. The average molecular weight is 260 g/mol. The van der Waals surface area contributed by atoms with Gasteiger partial charge >= 0.3 is 12.1 Å². The van der Waals surface area contributed by atoms with Crippen LogP contribution in [0, 0.1) is 11.6 Å². The van der Waals surface area contributed by atoms with E-state index in [-0.39, 0.29) is 10.7 Å². The molecule has 1 rings (SSSR count). The maximum absolute atomic E-state index is 13.5. The second-order valence-corrected chi connectivity index (χ2v) is 3.17. The number of hydrogen-bond donors (Lipinski definition) is 4. The second-order valence-electron chi connectivity index (χ2n) is 3.17. The standard InChI is InChI=1S/C8H10F2N6O2/c9-4-1-3(15(13)7(11)17)2-5(10)6(4)16(14)8(12)18/h1-2H,13-14H2,(H2,11,17)(H2,12,18). The number of benzene rings is 1. The van der Waals surface area contributed by atoms with Gasteiger partial charge in [0.05, 0.1) is 5.69 Å². The van der Waals surface area contributed by atoms with Crippen LogP contribution >= 0.6 is 0 Å². The van der Waals surface area contributed by atoms with Crippen LogP contribution in [-0.2, 0) is 0 Å². The third kappa shape index (κ3) is 2.44. The number of nitrogens with zero attached hydrogens (tertiary/aromatic N) is 2. The summed E-state index contributed by atoms with van der Waals surface area (Å²) in [5.74, 6) is 7.75. The molecule has 8 N–H and O–H groups in total. The lowest BCUT2D eigenvalue weighted by molar-refractivity contribution is 0.252. The lowest BCUT2D eigenvalue weighted by atomic mass is 10.2. The molecule has 0 fully saturated rings. The maximum atomic E-state index is 13.5. The number of hydrazine groups is 2. The van der Waals surface area contributed by atoms with Gasteiger partial charge in [-0.2, -0.15) is 0 Å². The fraction of sp³-hybridized carbons (Fsp3) is 0. The van der Waals surface area contributed by atoms with Gasteiger partial charge in [-0.25, -0.2) is 40.1 Å². The summed E-state index contributed by atoms with van der Waals surface area (Å²) < 4.78 is 27.1. The lowest BCUT2D eigenvalue weighted by Gasteiger charge is -2.18. The molecule has 0 spiro atoms. The third-order valence-corrected chi connectivity index (χ3v) is 2.00. The molecule has 0 saturated carbocycles. The van der Waals surface area contributed by atoms with Crippen molar-refractivity contribution in [1.29, 1.82) is 0 Å². The molecule has 8 nitrogen and oxygen atoms in total. The van der Waals surface area contributed by atoms with Gasteiger partial charge in [0.2, 0.25) is 0 Å². The zero-order valence-electron chi connectivity index (χ0n) is 8.93. The summed E-state index contributed by atoms with van der Waals surface area (Å²) in [4.78, 5) is 21.4. The van der Waals surface area contributed by atoms with Gasteiger partial charge in [0.25, 0.3) is 0 Å². The van der Waals surface area contributed by atoms with E-state index in [4.69, 9.17) is 23.2 Å². The van der Waals surface area contributed by atoms with Gasteiger partial charge in [0, 0.05) is 12.1 Å². The van der Waals surface area contributed by atoms with Crippen molar-refractivity contribution < 1.29 is 18.4 Å². The number of nitrogens with two attached hydrogens (primary N) is 4. The predicted molar refractivity (Wildman–Crippen MR) is 58.9 cm³/mol. The summed E-state index contributed by atoms with van der Waals surface area (Å²) in [6, 6.07) is -1.04. The molecule has 4 amide bonds.